The van der Waals surface area contributed by atoms with Crippen LogP contribution >= 0.6 is 0 Å². The van der Waals surface area contributed by atoms with Crippen molar-refractivity contribution in [2.24, 2.45) is 0 Å². The summed E-state index contributed by atoms with van der Waals surface area (Å²) >= 11 is 0. The van der Waals surface area contributed by atoms with Crippen molar-refractivity contribution < 1.29 is 4.79 Å². The van der Waals surface area contributed by atoms with Crippen LogP contribution in [0.5, 0.6) is 0 Å². The first kappa shape index (κ1) is 13.2. The van der Waals surface area contributed by atoms with Gasteiger partial charge in [-0.3, -0.25) is 4.79 Å². The Bertz CT molecular complexity index is 479. The quantitative estimate of drug-likeness (QED) is 0.750. The molecule has 0 aliphatic heterocycles. The average Bonchev–Trinajstić information content (AvgIpc) is 3.08. The summed E-state index contributed by atoms with van der Waals surface area (Å²) in [5.41, 5.74) is 0. The molecule has 1 N–H and O–H groups in total. The van der Waals surface area contributed by atoms with Gasteiger partial charge in [0.2, 0.25) is 5.91 Å². The molecular weight excluding hydrogens is 246 g/mol. The first-order valence-electron chi connectivity index (χ1n) is 6.23. The zero-order valence-electron chi connectivity index (χ0n) is 10.8. The van der Waals surface area contributed by atoms with Gasteiger partial charge in [-0.15, -0.1) is 5.10 Å². The van der Waals surface area contributed by atoms with E-state index in [1.807, 2.05) is 17.7 Å². The molecule has 0 aliphatic rings. The zero-order chi connectivity index (χ0) is 13.5. The van der Waals surface area contributed by atoms with E-state index in [2.05, 4.69) is 25.8 Å². The van der Waals surface area contributed by atoms with Crippen LogP contribution in [0, 0.1) is 0 Å². The van der Waals surface area contributed by atoms with Crippen molar-refractivity contribution in [3.63, 3.8) is 0 Å². The normalized spacial score (nSPS) is 12.3. The number of aromatic nitrogens is 6. The Balaban J connectivity index is 1.76. The molecular formula is C11H17N7O. The van der Waals surface area contributed by atoms with Crippen molar-refractivity contribution in [2.45, 2.75) is 38.9 Å². The lowest BCUT2D eigenvalue weighted by Gasteiger charge is -2.17. The summed E-state index contributed by atoms with van der Waals surface area (Å²) in [6, 6.07) is 0.107. The number of amides is 1. The van der Waals surface area contributed by atoms with E-state index in [0.717, 1.165) is 13.0 Å². The number of nitrogens with zero attached hydrogens (tertiary/aromatic N) is 6. The Morgan fingerprint density at radius 1 is 1.42 bits per heavy atom. The van der Waals surface area contributed by atoms with Crippen LogP contribution in [0.2, 0.25) is 0 Å². The molecule has 0 bridgehead atoms. The number of aryl methyl sites for hydroxylation is 1. The zero-order valence-corrected chi connectivity index (χ0v) is 10.8. The molecule has 2 aromatic heterocycles. The molecule has 0 fully saturated rings. The fourth-order valence-corrected chi connectivity index (χ4v) is 1.72. The molecule has 2 aromatic rings. The predicted molar refractivity (Wildman–Crippen MR) is 66.9 cm³/mol. The highest BCUT2D eigenvalue weighted by Crippen LogP contribution is 1.98. The van der Waals surface area contributed by atoms with Crippen LogP contribution in [0.25, 0.3) is 0 Å². The van der Waals surface area contributed by atoms with E-state index in [4.69, 9.17) is 0 Å². The standard InChI is InChI=1S/C11H17N7O/c1-2-10(7-17-6-4-12-8-17)14-11(19)3-5-18-9-13-15-16-18/h4,6,8-10H,2-3,5,7H2,1H3,(H,14,19)/t10-/m0/s1. The first-order valence-corrected chi connectivity index (χ1v) is 6.23. The van der Waals surface area contributed by atoms with Gasteiger partial charge in [0.15, 0.2) is 0 Å². The van der Waals surface area contributed by atoms with Crippen molar-refractivity contribution in [2.75, 3.05) is 0 Å². The minimum absolute atomic E-state index is 0.00228. The van der Waals surface area contributed by atoms with Gasteiger partial charge in [0.05, 0.1) is 12.9 Å². The minimum atomic E-state index is 0.00228. The van der Waals surface area contributed by atoms with Crippen molar-refractivity contribution in [1.29, 1.82) is 0 Å². The summed E-state index contributed by atoms with van der Waals surface area (Å²) in [6.07, 6.45) is 8.09. The first-order chi connectivity index (χ1) is 9.28. The highest BCUT2D eigenvalue weighted by Gasteiger charge is 2.11. The molecule has 0 unspecified atom stereocenters. The molecule has 0 aromatic carbocycles. The molecule has 19 heavy (non-hydrogen) atoms. The van der Waals surface area contributed by atoms with Crippen molar-refractivity contribution >= 4 is 5.91 Å². The SMILES string of the molecule is CC[C@@H](Cn1ccnc1)NC(=O)CCn1cnnn1. The van der Waals surface area contributed by atoms with Gasteiger partial charge in [-0.05, 0) is 16.8 Å². The van der Waals surface area contributed by atoms with Crippen LogP contribution in [0.4, 0.5) is 0 Å². The van der Waals surface area contributed by atoms with E-state index in [1.165, 1.54) is 11.0 Å². The number of rotatable bonds is 7. The van der Waals surface area contributed by atoms with Gasteiger partial charge in [-0.2, -0.15) is 0 Å². The maximum Gasteiger partial charge on any atom is 0.222 e. The lowest BCUT2D eigenvalue weighted by molar-refractivity contribution is -0.122. The molecule has 0 saturated carbocycles. The third-order valence-corrected chi connectivity index (χ3v) is 2.81. The van der Waals surface area contributed by atoms with Crippen molar-refractivity contribution in [1.82, 2.24) is 35.1 Å². The molecule has 1 amide bonds. The summed E-state index contributed by atoms with van der Waals surface area (Å²) in [5, 5.41) is 13.7. The summed E-state index contributed by atoms with van der Waals surface area (Å²) in [4.78, 5) is 15.8. The number of imidazole rings is 1. The Labute approximate surface area is 110 Å². The number of hydrogen-bond acceptors (Lipinski definition) is 5. The van der Waals surface area contributed by atoms with Crippen LogP contribution in [-0.4, -0.2) is 41.7 Å². The van der Waals surface area contributed by atoms with Gasteiger partial charge in [-0.25, -0.2) is 9.67 Å². The maximum atomic E-state index is 11.8. The molecule has 2 heterocycles. The Morgan fingerprint density at radius 2 is 2.32 bits per heavy atom. The van der Waals surface area contributed by atoms with Gasteiger partial charge in [0.25, 0.3) is 0 Å². The fourth-order valence-electron chi connectivity index (χ4n) is 1.72. The summed E-state index contributed by atoms with van der Waals surface area (Å²) in [5.74, 6) is 0.00228. The molecule has 0 saturated heterocycles. The van der Waals surface area contributed by atoms with E-state index in [-0.39, 0.29) is 11.9 Å². The minimum Gasteiger partial charge on any atom is -0.352 e. The Kier molecular flexibility index (Phi) is 4.60. The number of carbonyl (C=O) groups is 1. The largest absolute Gasteiger partial charge is 0.352 e. The molecule has 8 nitrogen and oxygen atoms in total. The van der Waals surface area contributed by atoms with Gasteiger partial charge >= 0.3 is 0 Å². The second-order valence-electron chi connectivity index (χ2n) is 4.26. The van der Waals surface area contributed by atoms with Crippen molar-refractivity contribution in [3.8, 4) is 0 Å². The highest BCUT2D eigenvalue weighted by atomic mass is 16.1. The molecule has 1 atom stereocenters. The van der Waals surface area contributed by atoms with Crippen LogP contribution in [-0.2, 0) is 17.9 Å². The average molecular weight is 263 g/mol. The highest BCUT2D eigenvalue weighted by molar-refractivity contribution is 5.76. The van der Waals surface area contributed by atoms with Gasteiger partial charge in [-0.1, -0.05) is 6.92 Å². The van der Waals surface area contributed by atoms with E-state index in [1.54, 1.807) is 12.5 Å². The Morgan fingerprint density at radius 3 is 2.95 bits per heavy atom. The van der Waals surface area contributed by atoms with E-state index in [0.29, 0.717) is 13.0 Å². The third kappa shape index (κ3) is 4.16. The monoisotopic (exact) mass is 263 g/mol. The van der Waals surface area contributed by atoms with Gasteiger partial charge < -0.3 is 9.88 Å². The second-order valence-corrected chi connectivity index (χ2v) is 4.26. The van der Waals surface area contributed by atoms with Crippen LogP contribution in [0.1, 0.15) is 19.8 Å². The summed E-state index contributed by atoms with van der Waals surface area (Å²) in [7, 11) is 0. The summed E-state index contributed by atoms with van der Waals surface area (Å²) < 4.78 is 3.49. The lowest BCUT2D eigenvalue weighted by Crippen LogP contribution is -2.37. The van der Waals surface area contributed by atoms with Crippen LogP contribution < -0.4 is 5.32 Å². The Hall–Kier alpha value is -2.25. The van der Waals surface area contributed by atoms with Crippen LogP contribution in [0.3, 0.4) is 0 Å². The molecule has 0 spiro atoms. The topological polar surface area (TPSA) is 90.5 Å². The van der Waals surface area contributed by atoms with E-state index in [9.17, 15) is 4.79 Å². The predicted octanol–water partition coefficient (Wildman–Crippen LogP) is -0.145. The molecule has 102 valence electrons. The fraction of sp³-hybridized carbons (Fsp3) is 0.545. The van der Waals surface area contributed by atoms with E-state index >= 15 is 0 Å². The third-order valence-electron chi connectivity index (χ3n) is 2.81. The smallest absolute Gasteiger partial charge is 0.222 e. The van der Waals surface area contributed by atoms with Crippen LogP contribution in [0.15, 0.2) is 25.0 Å². The van der Waals surface area contributed by atoms with Gasteiger partial charge in [0, 0.05) is 31.4 Å². The van der Waals surface area contributed by atoms with E-state index < -0.39 is 0 Å². The van der Waals surface area contributed by atoms with Crippen molar-refractivity contribution in [3.05, 3.63) is 25.0 Å². The molecule has 0 radical (unpaired) electrons. The maximum absolute atomic E-state index is 11.8. The second kappa shape index (κ2) is 6.62. The lowest BCUT2D eigenvalue weighted by atomic mass is 10.2. The molecule has 8 heteroatoms. The molecule has 0 aliphatic carbocycles. The van der Waals surface area contributed by atoms with Gasteiger partial charge in [0.1, 0.15) is 6.33 Å². The number of tetrazole rings is 1. The number of nitrogens with one attached hydrogen (secondary N) is 1. The number of carbonyl (C=O) groups excluding carboxylic acids is 1. The summed E-state index contributed by atoms with van der Waals surface area (Å²) in [6.45, 7) is 3.26. The molecule has 2 rings (SSSR count). The number of hydrogen-bond donors (Lipinski definition) is 1.